The Morgan fingerprint density at radius 1 is 1.15 bits per heavy atom. The fourth-order valence-electron chi connectivity index (χ4n) is 1.52. The number of carbonyl (C=O) groups excluding carboxylic acids is 1. The lowest BCUT2D eigenvalue weighted by atomic mass is 10.1. The van der Waals surface area contributed by atoms with Gasteiger partial charge in [-0.15, -0.1) is 0 Å². The number of alkyl halides is 3. The quantitative estimate of drug-likeness (QED) is 0.832. The van der Waals surface area contributed by atoms with Crippen LogP contribution in [0.2, 0.25) is 0 Å². The molecule has 20 heavy (non-hydrogen) atoms. The summed E-state index contributed by atoms with van der Waals surface area (Å²) in [5, 5.41) is 2.38. The zero-order valence-corrected chi connectivity index (χ0v) is 10.1. The maximum absolute atomic E-state index is 12.4. The van der Waals surface area contributed by atoms with Crippen LogP contribution in [0.15, 0.2) is 42.6 Å². The van der Waals surface area contributed by atoms with E-state index < -0.39 is 17.6 Å². The molecule has 7 heteroatoms. The number of halogens is 3. The number of rotatable bonds is 2. The molecule has 0 aliphatic carbocycles. The van der Waals surface area contributed by atoms with E-state index in [1.165, 1.54) is 6.07 Å². The van der Waals surface area contributed by atoms with Gasteiger partial charge in [0.1, 0.15) is 5.82 Å². The van der Waals surface area contributed by atoms with Crippen LogP contribution in [-0.2, 0) is 6.18 Å². The molecule has 4 nitrogen and oxygen atoms in total. The molecular formula is C13H10F3N3O. The van der Waals surface area contributed by atoms with Crippen LogP contribution in [0.4, 0.5) is 24.7 Å². The molecule has 0 unspecified atom stereocenters. The van der Waals surface area contributed by atoms with Gasteiger partial charge in [-0.05, 0) is 24.3 Å². The molecule has 0 atom stereocenters. The number of anilines is 2. The van der Waals surface area contributed by atoms with Crippen molar-refractivity contribution >= 4 is 17.4 Å². The average Bonchev–Trinajstić information content (AvgIpc) is 2.38. The summed E-state index contributed by atoms with van der Waals surface area (Å²) in [4.78, 5) is 15.4. The topological polar surface area (TPSA) is 68.0 Å². The van der Waals surface area contributed by atoms with Crippen molar-refractivity contribution in [1.29, 1.82) is 0 Å². The number of nitrogens with two attached hydrogens (primary N) is 1. The highest BCUT2D eigenvalue weighted by Gasteiger charge is 2.30. The first kappa shape index (κ1) is 13.9. The molecular weight excluding hydrogens is 271 g/mol. The summed E-state index contributed by atoms with van der Waals surface area (Å²) in [6.07, 6.45) is -3.80. The zero-order chi connectivity index (χ0) is 14.8. The minimum Gasteiger partial charge on any atom is -0.398 e. The van der Waals surface area contributed by atoms with Crippen molar-refractivity contribution in [2.75, 3.05) is 11.1 Å². The van der Waals surface area contributed by atoms with Crippen LogP contribution in [0.1, 0.15) is 15.9 Å². The van der Waals surface area contributed by atoms with Crippen LogP contribution in [-0.4, -0.2) is 10.9 Å². The van der Waals surface area contributed by atoms with Crippen molar-refractivity contribution in [1.82, 2.24) is 4.98 Å². The summed E-state index contributed by atoms with van der Waals surface area (Å²) in [5.74, 6) is -0.512. The molecule has 2 rings (SSSR count). The van der Waals surface area contributed by atoms with E-state index in [1.54, 1.807) is 18.2 Å². The molecule has 0 saturated heterocycles. The molecule has 1 aromatic carbocycles. The number of aromatic nitrogens is 1. The van der Waals surface area contributed by atoms with E-state index in [0.29, 0.717) is 6.20 Å². The third-order valence-corrected chi connectivity index (χ3v) is 2.54. The number of amides is 1. The van der Waals surface area contributed by atoms with Gasteiger partial charge in [-0.2, -0.15) is 13.2 Å². The molecule has 1 heterocycles. The minimum atomic E-state index is -4.46. The van der Waals surface area contributed by atoms with Gasteiger partial charge >= 0.3 is 6.18 Å². The van der Waals surface area contributed by atoms with E-state index in [2.05, 4.69) is 10.3 Å². The Balaban J connectivity index is 2.15. The molecule has 0 aliphatic rings. The van der Waals surface area contributed by atoms with Crippen molar-refractivity contribution < 1.29 is 18.0 Å². The van der Waals surface area contributed by atoms with Gasteiger partial charge in [0.05, 0.1) is 11.1 Å². The summed E-state index contributed by atoms with van der Waals surface area (Å²) in [7, 11) is 0. The maximum Gasteiger partial charge on any atom is 0.417 e. The number of pyridine rings is 1. The minimum absolute atomic E-state index is 0.0197. The predicted octanol–water partition coefficient (Wildman–Crippen LogP) is 2.93. The van der Waals surface area contributed by atoms with E-state index in [4.69, 9.17) is 5.73 Å². The van der Waals surface area contributed by atoms with Gasteiger partial charge in [-0.1, -0.05) is 12.1 Å². The number of hydrogen-bond acceptors (Lipinski definition) is 3. The number of hydrogen-bond donors (Lipinski definition) is 2. The summed E-state index contributed by atoms with van der Waals surface area (Å²) in [6.45, 7) is 0. The predicted molar refractivity (Wildman–Crippen MR) is 68.0 cm³/mol. The number of nitrogens with zero attached hydrogens (tertiary/aromatic N) is 1. The summed E-state index contributed by atoms with van der Waals surface area (Å²) < 4.78 is 37.1. The Hall–Kier alpha value is -2.57. The molecule has 1 amide bonds. The first-order valence-corrected chi connectivity index (χ1v) is 5.57. The lowest BCUT2D eigenvalue weighted by molar-refractivity contribution is -0.137. The molecule has 2 aromatic rings. The first-order chi connectivity index (χ1) is 9.38. The smallest absolute Gasteiger partial charge is 0.398 e. The Bertz CT molecular complexity index is 624. The highest BCUT2D eigenvalue weighted by molar-refractivity contribution is 6.07. The molecule has 0 radical (unpaired) electrons. The van der Waals surface area contributed by atoms with Crippen LogP contribution >= 0.6 is 0 Å². The third-order valence-electron chi connectivity index (χ3n) is 2.54. The third kappa shape index (κ3) is 3.05. The molecule has 0 spiro atoms. The van der Waals surface area contributed by atoms with Gasteiger partial charge in [0.2, 0.25) is 0 Å². The van der Waals surface area contributed by atoms with Crippen molar-refractivity contribution in [3.05, 3.63) is 53.7 Å². The van der Waals surface area contributed by atoms with Crippen molar-refractivity contribution in [3.8, 4) is 0 Å². The second kappa shape index (κ2) is 5.20. The highest BCUT2D eigenvalue weighted by Crippen LogP contribution is 2.28. The van der Waals surface area contributed by atoms with E-state index in [-0.39, 0.29) is 17.1 Å². The number of benzene rings is 1. The maximum atomic E-state index is 12.4. The number of para-hydroxylation sites is 1. The Morgan fingerprint density at radius 2 is 1.85 bits per heavy atom. The standard InChI is InChI=1S/C13H10F3N3O/c14-13(15,16)8-5-6-11(18-7-8)19-12(20)9-3-1-2-4-10(9)17/h1-7H,17H2,(H,18,19,20). The van der Waals surface area contributed by atoms with Crippen LogP contribution in [0, 0.1) is 0 Å². The number of nitrogens with one attached hydrogen (secondary N) is 1. The Labute approximate surface area is 112 Å². The van der Waals surface area contributed by atoms with Gasteiger partial charge in [0.15, 0.2) is 0 Å². The molecule has 0 saturated carbocycles. The summed E-state index contributed by atoms with van der Waals surface area (Å²) in [5.41, 5.74) is 5.25. The first-order valence-electron chi connectivity index (χ1n) is 5.57. The fraction of sp³-hybridized carbons (Fsp3) is 0.0769. The molecule has 0 bridgehead atoms. The van der Waals surface area contributed by atoms with Gasteiger partial charge < -0.3 is 11.1 Å². The Kier molecular flexibility index (Phi) is 3.60. The van der Waals surface area contributed by atoms with E-state index in [1.807, 2.05) is 0 Å². The highest BCUT2D eigenvalue weighted by atomic mass is 19.4. The largest absolute Gasteiger partial charge is 0.417 e. The van der Waals surface area contributed by atoms with Crippen molar-refractivity contribution in [2.24, 2.45) is 0 Å². The fourth-order valence-corrected chi connectivity index (χ4v) is 1.52. The van der Waals surface area contributed by atoms with Crippen molar-refractivity contribution in [2.45, 2.75) is 6.18 Å². The molecule has 104 valence electrons. The lowest BCUT2D eigenvalue weighted by Crippen LogP contribution is -2.15. The van der Waals surface area contributed by atoms with Crippen molar-refractivity contribution in [3.63, 3.8) is 0 Å². The lowest BCUT2D eigenvalue weighted by Gasteiger charge is -2.08. The SMILES string of the molecule is Nc1ccccc1C(=O)Nc1ccc(C(F)(F)F)cn1. The Morgan fingerprint density at radius 3 is 2.40 bits per heavy atom. The summed E-state index contributed by atoms with van der Waals surface area (Å²) in [6, 6.07) is 8.29. The van der Waals surface area contributed by atoms with E-state index in [0.717, 1.165) is 12.1 Å². The zero-order valence-electron chi connectivity index (χ0n) is 10.1. The van der Waals surface area contributed by atoms with Gasteiger partial charge in [-0.3, -0.25) is 4.79 Å². The molecule has 3 N–H and O–H groups in total. The molecule has 0 aliphatic heterocycles. The number of carbonyl (C=O) groups is 1. The number of nitrogen functional groups attached to an aromatic ring is 1. The normalized spacial score (nSPS) is 11.2. The van der Waals surface area contributed by atoms with Crippen LogP contribution < -0.4 is 11.1 Å². The van der Waals surface area contributed by atoms with Crippen LogP contribution in [0.25, 0.3) is 0 Å². The monoisotopic (exact) mass is 281 g/mol. The second-order valence-corrected chi connectivity index (χ2v) is 3.97. The van der Waals surface area contributed by atoms with Gasteiger partial charge in [0, 0.05) is 11.9 Å². The van der Waals surface area contributed by atoms with E-state index in [9.17, 15) is 18.0 Å². The average molecular weight is 281 g/mol. The molecule has 1 aromatic heterocycles. The molecule has 0 fully saturated rings. The second-order valence-electron chi connectivity index (χ2n) is 3.97. The van der Waals surface area contributed by atoms with Gasteiger partial charge in [-0.25, -0.2) is 4.98 Å². The van der Waals surface area contributed by atoms with Crippen LogP contribution in [0.3, 0.4) is 0 Å². The summed E-state index contributed by atoms with van der Waals surface area (Å²) >= 11 is 0. The van der Waals surface area contributed by atoms with E-state index >= 15 is 0 Å². The van der Waals surface area contributed by atoms with Crippen LogP contribution in [0.5, 0.6) is 0 Å². The van der Waals surface area contributed by atoms with Gasteiger partial charge in [0.25, 0.3) is 5.91 Å².